The summed E-state index contributed by atoms with van der Waals surface area (Å²) in [6.07, 6.45) is -0.667. The molecule has 0 aromatic rings. The molecular weight excluding hydrogens is 232 g/mol. The van der Waals surface area contributed by atoms with Crippen LogP contribution in [0.5, 0.6) is 0 Å². The fourth-order valence-electron chi connectivity index (χ4n) is 2.36. The van der Waals surface area contributed by atoms with Gasteiger partial charge in [-0.25, -0.2) is 0 Å². The van der Waals surface area contributed by atoms with Gasteiger partial charge in [0.05, 0.1) is 11.9 Å². The molecule has 0 N–H and O–H groups in total. The summed E-state index contributed by atoms with van der Waals surface area (Å²) in [5, 5.41) is -0.0431. The summed E-state index contributed by atoms with van der Waals surface area (Å²) in [5.74, 6) is -0.589. The number of fused-ring (bicyclic) bond motifs is 1. The molecule has 0 radical (unpaired) electrons. The Morgan fingerprint density at radius 3 is 2.62 bits per heavy atom. The Balaban J connectivity index is 1.70. The van der Waals surface area contributed by atoms with Crippen LogP contribution >= 0.6 is 12.6 Å². The molecule has 0 aromatic carbocycles. The highest BCUT2D eigenvalue weighted by Gasteiger charge is 2.55. The number of hydrogen-bond donors (Lipinski definition) is 1. The molecule has 3 heterocycles. The maximum absolute atomic E-state index is 5.79. The smallest absolute Gasteiger partial charge is 0.188 e. The fraction of sp³-hybridized carbons (Fsp3) is 1.00. The van der Waals surface area contributed by atoms with Crippen LogP contribution in [0, 0.1) is 0 Å². The van der Waals surface area contributed by atoms with Crippen molar-refractivity contribution in [2.75, 3.05) is 13.4 Å². The molecule has 5 nitrogen and oxygen atoms in total. The van der Waals surface area contributed by atoms with Crippen LogP contribution in [-0.2, 0) is 23.7 Å². The van der Waals surface area contributed by atoms with Gasteiger partial charge in [0.2, 0.25) is 0 Å². The third-order valence-electron chi connectivity index (χ3n) is 3.07. The minimum atomic E-state index is -0.589. The van der Waals surface area contributed by atoms with Crippen molar-refractivity contribution in [1.29, 1.82) is 0 Å². The SMILES string of the molecule is CC1(C)O[C@H]2O[C@@H]([C@@H]3COCO3)[C@H](S)[C@H]2O1. The van der Waals surface area contributed by atoms with Crippen molar-refractivity contribution < 1.29 is 23.7 Å². The summed E-state index contributed by atoms with van der Waals surface area (Å²) in [6.45, 7) is 4.62. The summed E-state index contributed by atoms with van der Waals surface area (Å²) in [5.41, 5.74) is 0. The van der Waals surface area contributed by atoms with Crippen molar-refractivity contribution in [1.82, 2.24) is 0 Å². The average molecular weight is 248 g/mol. The van der Waals surface area contributed by atoms with E-state index >= 15 is 0 Å². The molecule has 3 rings (SSSR count). The first-order valence-corrected chi connectivity index (χ1v) is 5.97. The fourth-order valence-corrected chi connectivity index (χ4v) is 2.82. The van der Waals surface area contributed by atoms with Gasteiger partial charge in [-0.1, -0.05) is 0 Å². The van der Waals surface area contributed by atoms with E-state index in [-0.39, 0.29) is 29.9 Å². The topological polar surface area (TPSA) is 46.2 Å². The van der Waals surface area contributed by atoms with Gasteiger partial charge in [-0.05, 0) is 13.8 Å². The first-order chi connectivity index (χ1) is 7.57. The molecule has 0 aromatic heterocycles. The van der Waals surface area contributed by atoms with E-state index in [9.17, 15) is 0 Å². The molecule has 5 atom stereocenters. The standard InChI is InChI=1S/C10H16O5S/c1-10(2)14-7-8(16)6(13-9(7)15-10)5-3-11-4-12-5/h5-9,16H,3-4H2,1-2H3/t5-,6-,7+,8-,9+/m0/s1. The van der Waals surface area contributed by atoms with Gasteiger partial charge >= 0.3 is 0 Å². The van der Waals surface area contributed by atoms with Gasteiger partial charge in [-0.3, -0.25) is 0 Å². The van der Waals surface area contributed by atoms with Crippen LogP contribution in [0.3, 0.4) is 0 Å². The first kappa shape index (κ1) is 11.3. The summed E-state index contributed by atoms with van der Waals surface area (Å²) < 4.78 is 27.8. The Morgan fingerprint density at radius 1 is 1.19 bits per heavy atom. The van der Waals surface area contributed by atoms with Gasteiger partial charge < -0.3 is 23.7 Å². The molecule has 16 heavy (non-hydrogen) atoms. The predicted molar refractivity (Wildman–Crippen MR) is 57.2 cm³/mol. The zero-order valence-corrected chi connectivity index (χ0v) is 10.2. The van der Waals surface area contributed by atoms with Gasteiger partial charge in [0, 0.05) is 0 Å². The largest absolute Gasteiger partial charge is 0.353 e. The molecule has 0 bridgehead atoms. The second-order valence-corrected chi connectivity index (χ2v) is 5.35. The zero-order valence-electron chi connectivity index (χ0n) is 9.29. The Kier molecular flexibility index (Phi) is 2.69. The lowest BCUT2D eigenvalue weighted by Gasteiger charge is -2.25. The van der Waals surface area contributed by atoms with Crippen LogP contribution in [0.15, 0.2) is 0 Å². The molecule has 92 valence electrons. The van der Waals surface area contributed by atoms with Crippen LogP contribution in [0.2, 0.25) is 0 Å². The third kappa shape index (κ3) is 1.77. The van der Waals surface area contributed by atoms with E-state index in [4.69, 9.17) is 23.7 Å². The van der Waals surface area contributed by atoms with Crippen LogP contribution in [0.25, 0.3) is 0 Å². The van der Waals surface area contributed by atoms with Crippen molar-refractivity contribution in [2.45, 2.75) is 49.5 Å². The highest BCUT2D eigenvalue weighted by atomic mass is 32.1. The maximum atomic E-state index is 5.79. The molecule has 3 aliphatic heterocycles. The molecular formula is C10H16O5S. The number of rotatable bonds is 1. The second-order valence-electron chi connectivity index (χ2n) is 4.75. The van der Waals surface area contributed by atoms with E-state index in [2.05, 4.69) is 12.6 Å². The van der Waals surface area contributed by atoms with Crippen LogP contribution in [0.4, 0.5) is 0 Å². The molecule has 6 heteroatoms. The number of ether oxygens (including phenoxy) is 5. The first-order valence-electron chi connectivity index (χ1n) is 5.45. The van der Waals surface area contributed by atoms with Gasteiger partial charge in [0.1, 0.15) is 25.1 Å². The Labute approximate surface area is 99.7 Å². The number of hydrogen-bond acceptors (Lipinski definition) is 6. The lowest BCUT2D eigenvalue weighted by molar-refractivity contribution is -0.212. The quantitative estimate of drug-likeness (QED) is 0.686. The minimum absolute atomic E-state index is 0.0431. The van der Waals surface area contributed by atoms with Crippen LogP contribution < -0.4 is 0 Å². The van der Waals surface area contributed by atoms with Crippen molar-refractivity contribution in [3.63, 3.8) is 0 Å². The zero-order chi connectivity index (χ0) is 11.3. The molecule has 0 unspecified atom stereocenters. The predicted octanol–water partition coefficient (Wildman–Crippen LogP) is 0.534. The van der Waals surface area contributed by atoms with E-state index in [0.29, 0.717) is 13.4 Å². The van der Waals surface area contributed by atoms with E-state index in [1.165, 1.54) is 0 Å². The van der Waals surface area contributed by atoms with Gasteiger partial charge in [0.15, 0.2) is 12.1 Å². The van der Waals surface area contributed by atoms with E-state index in [1.54, 1.807) is 0 Å². The van der Waals surface area contributed by atoms with Crippen LogP contribution in [-0.4, -0.2) is 49.0 Å². The molecule has 0 aliphatic carbocycles. The maximum Gasteiger partial charge on any atom is 0.188 e. The van der Waals surface area contributed by atoms with Crippen molar-refractivity contribution in [3.8, 4) is 0 Å². The number of thiol groups is 1. The van der Waals surface area contributed by atoms with Gasteiger partial charge in [-0.15, -0.1) is 0 Å². The highest BCUT2D eigenvalue weighted by Crippen LogP contribution is 2.41. The van der Waals surface area contributed by atoms with E-state index in [0.717, 1.165) is 0 Å². The van der Waals surface area contributed by atoms with Gasteiger partial charge in [0.25, 0.3) is 0 Å². The van der Waals surface area contributed by atoms with E-state index < -0.39 is 5.79 Å². The van der Waals surface area contributed by atoms with Crippen molar-refractivity contribution in [2.24, 2.45) is 0 Å². The molecule has 0 amide bonds. The van der Waals surface area contributed by atoms with Gasteiger partial charge in [-0.2, -0.15) is 12.6 Å². The molecule has 3 fully saturated rings. The second kappa shape index (κ2) is 3.83. The highest BCUT2D eigenvalue weighted by molar-refractivity contribution is 7.81. The molecule has 3 aliphatic rings. The summed E-state index contributed by atoms with van der Waals surface area (Å²) in [7, 11) is 0. The van der Waals surface area contributed by atoms with E-state index in [1.807, 2.05) is 13.8 Å². The molecule has 0 spiro atoms. The summed E-state index contributed by atoms with van der Waals surface area (Å²) in [4.78, 5) is 0. The Hall–Kier alpha value is 0.150. The average Bonchev–Trinajstić information content (AvgIpc) is 2.84. The van der Waals surface area contributed by atoms with Crippen molar-refractivity contribution in [3.05, 3.63) is 0 Å². The molecule has 0 saturated carbocycles. The monoisotopic (exact) mass is 248 g/mol. The lowest BCUT2D eigenvalue weighted by atomic mass is 10.1. The Morgan fingerprint density at radius 2 is 2.00 bits per heavy atom. The lowest BCUT2D eigenvalue weighted by Crippen LogP contribution is -2.39. The van der Waals surface area contributed by atoms with Crippen molar-refractivity contribution >= 4 is 12.6 Å². The third-order valence-corrected chi connectivity index (χ3v) is 3.65. The Bertz CT molecular complexity index is 278. The summed E-state index contributed by atoms with van der Waals surface area (Å²) >= 11 is 4.55. The summed E-state index contributed by atoms with van der Waals surface area (Å²) in [6, 6.07) is 0. The van der Waals surface area contributed by atoms with Crippen LogP contribution in [0.1, 0.15) is 13.8 Å². The normalized spacial score (nSPS) is 50.8. The minimum Gasteiger partial charge on any atom is -0.353 e. The molecule has 3 saturated heterocycles.